The minimum atomic E-state index is -5.10. The third-order valence-electron chi connectivity index (χ3n) is 12.4. The van der Waals surface area contributed by atoms with E-state index in [9.17, 15) is 27.6 Å². The van der Waals surface area contributed by atoms with Gasteiger partial charge in [0.2, 0.25) is 0 Å². The van der Waals surface area contributed by atoms with Crippen molar-refractivity contribution in [2.45, 2.75) is 81.1 Å². The highest BCUT2D eigenvalue weighted by molar-refractivity contribution is 6.99. The zero-order valence-electron chi connectivity index (χ0n) is 38.7. The van der Waals surface area contributed by atoms with Crippen LogP contribution in [0.5, 0.6) is 11.5 Å². The molecular formula is C52H56F3N3O9Si. The Morgan fingerprint density at radius 2 is 1.22 bits per heavy atom. The van der Waals surface area contributed by atoms with E-state index in [1.807, 2.05) is 145 Å². The van der Waals surface area contributed by atoms with Gasteiger partial charge in [-0.05, 0) is 69.2 Å². The number of methoxy groups -OCH3 is 3. The number of amides is 1. The lowest BCUT2D eigenvalue weighted by Gasteiger charge is -2.47. The maximum absolute atomic E-state index is 13.8. The molecule has 0 bridgehead atoms. The molecule has 0 saturated carbocycles. The molecule has 1 unspecified atom stereocenters. The molecule has 0 spiro atoms. The monoisotopic (exact) mass is 951 g/mol. The Labute approximate surface area is 394 Å². The molecule has 6 aromatic rings. The summed E-state index contributed by atoms with van der Waals surface area (Å²) in [6.45, 7) is 5.97. The molecule has 7 rings (SSSR count). The van der Waals surface area contributed by atoms with Crippen LogP contribution in [0.1, 0.15) is 56.5 Å². The number of nitrogens with one attached hydrogen (secondary N) is 2. The van der Waals surface area contributed by atoms with Crippen molar-refractivity contribution in [2.24, 2.45) is 0 Å². The molecule has 2 N–H and O–H groups in total. The highest BCUT2D eigenvalue weighted by Gasteiger charge is 2.59. The van der Waals surface area contributed by atoms with Crippen molar-refractivity contribution in [3.8, 4) is 11.5 Å². The summed E-state index contributed by atoms with van der Waals surface area (Å²) in [6.07, 6.45) is -9.39. The Bertz CT molecular complexity index is 2610. The van der Waals surface area contributed by atoms with E-state index in [0.29, 0.717) is 28.2 Å². The smallest absolute Gasteiger partial charge is 0.471 e. The van der Waals surface area contributed by atoms with E-state index in [1.165, 1.54) is 23.9 Å². The number of ether oxygens (including phenoxy) is 5. The van der Waals surface area contributed by atoms with Crippen LogP contribution >= 0.6 is 0 Å². The number of nitrogens with zero attached hydrogens (tertiary/aromatic N) is 1. The molecule has 1 saturated heterocycles. The fourth-order valence-corrected chi connectivity index (χ4v) is 13.9. The van der Waals surface area contributed by atoms with E-state index < -0.39 is 72.9 Å². The van der Waals surface area contributed by atoms with Crippen molar-refractivity contribution in [3.05, 3.63) is 189 Å². The van der Waals surface area contributed by atoms with Gasteiger partial charge in [-0.2, -0.15) is 13.2 Å². The zero-order valence-corrected chi connectivity index (χ0v) is 39.7. The number of carbonyl (C=O) groups excluding carboxylic acids is 1. The molecule has 68 heavy (non-hydrogen) atoms. The lowest BCUT2D eigenvalue weighted by Crippen LogP contribution is -2.69. The van der Waals surface area contributed by atoms with E-state index in [0.717, 1.165) is 10.4 Å². The van der Waals surface area contributed by atoms with Gasteiger partial charge in [-0.3, -0.25) is 19.1 Å². The Morgan fingerprint density at radius 3 is 1.68 bits per heavy atom. The van der Waals surface area contributed by atoms with Crippen molar-refractivity contribution in [1.82, 2.24) is 14.9 Å². The van der Waals surface area contributed by atoms with Gasteiger partial charge >= 0.3 is 17.8 Å². The largest absolute Gasteiger partial charge is 0.497 e. The highest BCUT2D eigenvalue weighted by Crippen LogP contribution is 2.48. The van der Waals surface area contributed by atoms with Crippen molar-refractivity contribution < 1.29 is 46.1 Å². The van der Waals surface area contributed by atoms with Gasteiger partial charge < -0.3 is 33.4 Å². The molecule has 2 heterocycles. The summed E-state index contributed by atoms with van der Waals surface area (Å²) in [6, 6.07) is 45.2. The molecule has 1 aliphatic rings. The van der Waals surface area contributed by atoms with Crippen LogP contribution in [-0.4, -0.2) is 82.2 Å². The van der Waals surface area contributed by atoms with Gasteiger partial charge in [-0.15, -0.1) is 0 Å². The third kappa shape index (κ3) is 10.1. The number of aromatic amines is 1. The molecule has 16 heteroatoms. The third-order valence-corrected chi connectivity index (χ3v) is 17.5. The average Bonchev–Trinajstić information content (AvgIpc) is 3.70. The van der Waals surface area contributed by atoms with Crippen LogP contribution < -0.4 is 36.4 Å². The molecule has 1 aliphatic heterocycles. The maximum Gasteiger partial charge on any atom is 0.471 e. The number of carbonyl (C=O) groups is 1. The van der Waals surface area contributed by atoms with E-state index in [1.54, 1.807) is 14.2 Å². The number of H-pyrrole nitrogens is 1. The number of hydrogen-bond acceptors (Lipinski definition) is 9. The number of alkyl halides is 3. The van der Waals surface area contributed by atoms with Gasteiger partial charge in [-0.1, -0.05) is 136 Å². The normalized spacial score (nSPS) is 18.2. The molecule has 358 valence electrons. The summed E-state index contributed by atoms with van der Waals surface area (Å²) < 4.78 is 82.2. The van der Waals surface area contributed by atoms with Crippen molar-refractivity contribution >= 4 is 24.6 Å². The summed E-state index contributed by atoms with van der Waals surface area (Å²) in [4.78, 5) is 40.7. The van der Waals surface area contributed by atoms with Gasteiger partial charge in [0.1, 0.15) is 35.4 Å². The van der Waals surface area contributed by atoms with Crippen molar-refractivity contribution in [3.63, 3.8) is 0 Å². The number of hydrogen-bond donors (Lipinski definition) is 2. The van der Waals surface area contributed by atoms with Crippen LogP contribution in [0.15, 0.2) is 161 Å². The Kier molecular flexibility index (Phi) is 15.3. The van der Waals surface area contributed by atoms with Crippen LogP contribution in [-0.2, 0) is 29.0 Å². The topological polar surface area (TPSA) is 139 Å². The quantitative estimate of drug-likeness (QED) is 0.0519. The van der Waals surface area contributed by atoms with Crippen LogP contribution in [0.25, 0.3) is 0 Å². The molecule has 1 aromatic heterocycles. The molecule has 5 aromatic carbocycles. The summed E-state index contributed by atoms with van der Waals surface area (Å²) in [7, 11) is 1.07. The minimum absolute atomic E-state index is 0.00597. The van der Waals surface area contributed by atoms with Crippen LogP contribution in [0, 0.1) is 0 Å². The Balaban J connectivity index is 1.50. The highest BCUT2D eigenvalue weighted by atomic mass is 28.4. The first-order valence-corrected chi connectivity index (χ1v) is 24.1. The summed E-state index contributed by atoms with van der Waals surface area (Å²) >= 11 is 0. The maximum atomic E-state index is 13.8. The number of halogens is 3. The van der Waals surface area contributed by atoms with E-state index in [2.05, 4.69) is 25.8 Å². The molecular weight excluding hydrogens is 896 g/mol. The summed E-state index contributed by atoms with van der Waals surface area (Å²) in [5.41, 5.74) is -0.876. The average molecular weight is 952 g/mol. The number of benzene rings is 5. The van der Waals surface area contributed by atoms with Crippen LogP contribution in [0.3, 0.4) is 0 Å². The first kappa shape index (κ1) is 49.6. The standard InChI is InChI=1S/C52H56F3N3O9Si/c1-50(2,3)68(40-19-12-8-13-20-40,41-21-14-9-15-22-41)67-45-44(65-47(46(45)64-6)58-34-32-43(59)57-49(58)61)42(23-16-33-56-48(60)52(53,54)55)66-51(35-17-10-7-11-18-35,36-24-28-38(62-4)29-25-36)37-26-30-39(63-5)31-27-37/h7-15,17-22,24-32,34,42,44-47H,16,23,33H2,1-6H3,(H,56,60)(H,57,59,61)/t42?,44-,45-,46-,47-/m1/s1. The number of rotatable bonds is 18. The first-order chi connectivity index (χ1) is 32.6. The predicted octanol–water partition coefficient (Wildman–Crippen LogP) is 7.25. The summed E-state index contributed by atoms with van der Waals surface area (Å²) in [5, 5.41) is 3.30. The van der Waals surface area contributed by atoms with Crippen LogP contribution in [0.4, 0.5) is 13.2 Å². The minimum Gasteiger partial charge on any atom is -0.497 e. The van der Waals surface area contributed by atoms with Gasteiger partial charge in [0.05, 0.1) is 20.3 Å². The van der Waals surface area contributed by atoms with E-state index in [-0.39, 0.29) is 19.4 Å². The molecule has 1 amide bonds. The predicted molar refractivity (Wildman–Crippen MR) is 254 cm³/mol. The fourth-order valence-electron chi connectivity index (χ4n) is 9.25. The van der Waals surface area contributed by atoms with E-state index >= 15 is 0 Å². The SMILES string of the molecule is COc1ccc(C(OC(CCCNC(=O)C(F)(F)F)[C@H]2O[C@@H](n3ccc(=O)[nH]c3=O)[C@H](OC)[C@@H]2O[Si](c2ccccc2)(c2ccccc2)C(C)(C)C)(c2ccccc2)c2ccc(OC)cc2)cc1. The van der Waals surface area contributed by atoms with E-state index in [4.69, 9.17) is 28.1 Å². The lowest BCUT2D eigenvalue weighted by molar-refractivity contribution is -0.173. The zero-order chi connectivity index (χ0) is 48.7. The van der Waals surface area contributed by atoms with Crippen molar-refractivity contribution in [1.29, 1.82) is 0 Å². The summed E-state index contributed by atoms with van der Waals surface area (Å²) in [5.74, 6) is -0.915. The second-order valence-corrected chi connectivity index (χ2v) is 21.8. The van der Waals surface area contributed by atoms with Crippen molar-refractivity contribution in [2.75, 3.05) is 27.9 Å². The number of aromatic nitrogens is 2. The molecule has 12 nitrogen and oxygen atoms in total. The Hall–Kier alpha value is -6.30. The second-order valence-electron chi connectivity index (χ2n) is 17.5. The molecule has 0 radical (unpaired) electrons. The van der Waals surface area contributed by atoms with Gasteiger partial charge in [-0.25, -0.2) is 4.79 Å². The first-order valence-electron chi connectivity index (χ1n) is 22.2. The molecule has 5 atom stereocenters. The Morgan fingerprint density at radius 1 is 0.721 bits per heavy atom. The molecule has 1 fully saturated rings. The van der Waals surface area contributed by atoms with Gasteiger partial charge in [0.15, 0.2) is 6.23 Å². The fraction of sp³-hybridized carbons (Fsp3) is 0.327. The van der Waals surface area contributed by atoms with Crippen LogP contribution in [0.2, 0.25) is 5.04 Å². The second kappa shape index (κ2) is 20.9. The van der Waals surface area contributed by atoms with Gasteiger partial charge in [0.25, 0.3) is 13.9 Å². The lowest BCUT2D eigenvalue weighted by atomic mass is 9.79. The van der Waals surface area contributed by atoms with Gasteiger partial charge in [0, 0.05) is 25.9 Å². The molecule has 0 aliphatic carbocycles.